The van der Waals surface area contributed by atoms with Crippen molar-refractivity contribution in [2.75, 3.05) is 31.9 Å². The fourth-order valence-corrected chi connectivity index (χ4v) is 5.26. The number of amides is 1. The molecule has 1 aromatic heterocycles. The topological polar surface area (TPSA) is 106 Å². The first-order valence-electron chi connectivity index (χ1n) is 11.4. The van der Waals surface area contributed by atoms with Crippen LogP contribution < -0.4 is 20.3 Å². The number of carbonyl (C=O) groups excluding carboxylic acids is 1. The molecule has 1 amide bonds. The van der Waals surface area contributed by atoms with Gasteiger partial charge in [0.05, 0.1) is 4.91 Å². The molecule has 0 aliphatic carbocycles. The first-order chi connectivity index (χ1) is 17.3. The maximum Gasteiger partial charge on any atom is 0.270 e. The molecule has 1 fully saturated rings. The van der Waals surface area contributed by atoms with Gasteiger partial charge < -0.3 is 19.5 Å². The van der Waals surface area contributed by atoms with Gasteiger partial charge in [-0.1, -0.05) is 30.0 Å². The number of nitrogens with zero attached hydrogens (tertiary/aromatic N) is 3. The van der Waals surface area contributed by atoms with Gasteiger partial charge in [0.25, 0.3) is 11.5 Å². The van der Waals surface area contributed by atoms with E-state index >= 15 is 0 Å². The second-order valence-electron chi connectivity index (χ2n) is 8.16. The highest BCUT2D eigenvalue weighted by Gasteiger charge is 2.32. The minimum atomic E-state index is -0.413. The fourth-order valence-electron chi connectivity index (χ4n) is 3.97. The number of thiocarbonyl (C=S) groups is 1. The standard InChI is InChI=1S/C25H26N4O5S2/c1-4-32-9-5-8-29-24(31)21(36-25(29)35)11-17-15(2)18(12-26)23(30)28(3)22(17)27-13-16-6-7-19-20(10-16)34-14-33-19/h6-7,10-11,27H,4-5,8-9,13-14H2,1-3H3/b21-11+. The van der Waals surface area contributed by atoms with E-state index in [1.807, 2.05) is 31.2 Å². The van der Waals surface area contributed by atoms with Gasteiger partial charge in [0.1, 0.15) is 21.8 Å². The van der Waals surface area contributed by atoms with Gasteiger partial charge in [-0.3, -0.25) is 19.1 Å². The molecule has 0 saturated carbocycles. The maximum atomic E-state index is 13.1. The van der Waals surface area contributed by atoms with Crippen molar-refractivity contribution in [3.63, 3.8) is 0 Å². The van der Waals surface area contributed by atoms with Crippen molar-refractivity contribution in [1.82, 2.24) is 9.47 Å². The number of fused-ring (bicyclic) bond motifs is 1. The highest BCUT2D eigenvalue weighted by atomic mass is 32.2. The molecule has 3 heterocycles. The minimum absolute atomic E-state index is 0.0320. The smallest absolute Gasteiger partial charge is 0.270 e. The first kappa shape index (κ1) is 25.8. The van der Waals surface area contributed by atoms with Gasteiger partial charge >= 0.3 is 0 Å². The summed E-state index contributed by atoms with van der Waals surface area (Å²) in [5.74, 6) is 1.64. The third-order valence-electron chi connectivity index (χ3n) is 5.92. The first-order valence-corrected chi connectivity index (χ1v) is 12.7. The van der Waals surface area contributed by atoms with E-state index in [1.165, 1.54) is 16.3 Å². The molecule has 0 unspecified atom stereocenters. The number of hydrogen-bond donors (Lipinski definition) is 1. The van der Waals surface area contributed by atoms with Crippen molar-refractivity contribution >= 4 is 46.1 Å². The van der Waals surface area contributed by atoms with Crippen molar-refractivity contribution in [2.24, 2.45) is 7.05 Å². The number of ether oxygens (including phenoxy) is 3. The molecule has 4 rings (SSSR count). The second-order valence-corrected chi connectivity index (χ2v) is 9.84. The Labute approximate surface area is 218 Å². The van der Waals surface area contributed by atoms with Crippen molar-refractivity contribution in [3.8, 4) is 17.6 Å². The average molecular weight is 527 g/mol. The second kappa shape index (κ2) is 11.2. The molecule has 0 spiro atoms. The lowest BCUT2D eigenvalue weighted by atomic mass is 10.0. The van der Waals surface area contributed by atoms with Gasteiger partial charge in [-0.25, -0.2) is 0 Å². The number of pyridine rings is 1. The fraction of sp³-hybridized carbons (Fsp3) is 0.360. The Hall–Kier alpha value is -3.33. The van der Waals surface area contributed by atoms with Gasteiger partial charge in [0.15, 0.2) is 11.5 Å². The largest absolute Gasteiger partial charge is 0.454 e. The van der Waals surface area contributed by atoms with Crippen LogP contribution in [-0.4, -0.2) is 46.2 Å². The third-order valence-corrected chi connectivity index (χ3v) is 7.30. The van der Waals surface area contributed by atoms with Gasteiger partial charge in [0, 0.05) is 38.9 Å². The molecule has 2 aromatic rings. The number of aromatic nitrogens is 1. The predicted molar refractivity (Wildman–Crippen MR) is 142 cm³/mol. The van der Waals surface area contributed by atoms with Crippen LogP contribution in [0.3, 0.4) is 0 Å². The zero-order chi connectivity index (χ0) is 25.8. The zero-order valence-corrected chi connectivity index (χ0v) is 21.9. The van der Waals surface area contributed by atoms with E-state index in [9.17, 15) is 14.9 Å². The molecule has 188 valence electrons. The van der Waals surface area contributed by atoms with Crippen LogP contribution in [0.5, 0.6) is 11.5 Å². The van der Waals surface area contributed by atoms with E-state index in [-0.39, 0.29) is 18.3 Å². The number of benzene rings is 1. The van der Waals surface area contributed by atoms with Gasteiger partial charge in [-0.15, -0.1) is 0 Å². The van der Waals surface area contributed by atoms with Crippen LogP contribution in [0.25, 0.3) is 6.08 Å². The van der Waals surface area contributed by atoms with E-state index in [1.54, 1.807) is 24.9 Å². The summed E-state index contributed by atoms with van der Waals surface area (Å²) in [6.45, 7) is 5.83. The van der Waals surface area contributed by atoms with Gasteiger partial charge in [-0.2, -0.15) is 5.26 Å². The van der Waals surface area contributed by atoms with Gasteiger partial charge in [-0.05, 0) is 49.6 Å². The normalized spacial score (nSPS) is 15.6. The number of nitrogens with one attached hydrogen (secondary N) is 1. The Kier molecular flexibility index (Phi) is 7.98. The summed E-state index contributed by atoms with van der Waals surface area (Å²) < 4.78 is 18.1. The summed E-state index contributed by atoms with van der Waals surface area (Å²) in [5, 5.41) is 12.9. The highest BCUT2D eigenvalue weighted by Crippen LogP contribution is 2.36. The van der Waals surface area contributed by atoms with Crippen molar-refractivity contribution in [2.45, 2.75) is 26.8 Å². The number of rotatable bonds is 9. The van der Waals surface area contributed by atoms with Gasteiger partial charge in [0.2, 0.25) is 6.79 Å². The Balaban J connectivity index is 1.65. The molecule has 0 bridgehead atoms. The van der Waals surface area contributed by atoms with Crippen LogP contribution in [-0.2, 0) is 23.1 Å². The lowest BCUT2D eigenvalue weighted by molar-refractivity contribution is -0.122. The molecule has 2 aliphatic rings. The van der Waals surface area contributed by atoms with E-state index in [2.05, 4.69) is 5.32 Å². The SMILES string of the molecule is CCOCCCN1C(=O)/C(=C\c2c(C)c(C#N)c(=O)n(C)c2NCc2ccc3c(c2)OCO3)SC1=S. The molecule has 9 nitrogen and oxygen atoms in total. The third kappa shape index (κ3) is 5.11. The van der Waals surface area contributed by atoms with E-state index in [0.29, 0.717) is 70.4 Å². The van der Waals surface area contributed by atoms with Crippen LogP contribution >= 0.6 is 24.0 Å². The van der Waals surface area contributed by atoms with E-state index in [4.69, 9.17) is 26.4 Å². The van der Waals surface area contributed by atoms with Crippen LogP contribution in [0.4, 0.5) is 5.82 Å². The lowest BCUT2D eigenvalue weighted by Crippen LogP contribution is -2.29. The number of thioether (sulfide) groups is 1. The maximum absolute atomic E-state index is 13.1. The van der Waals surface area contributed by atoms with Crippen molar-refractivity contribution in [1.29, 1.82) is 5.26 Å². The summed E-state index contributed by atoms with van der Waals surface area (Å²) in [6.07, 6.45) is 2.38. The molecule has 1 N–H and O–H groups in total. The molecular weight excluding hydrogens is 500 g/mol. The van der Waals surface area contributed by atoms with Crippen LogP contribution in [0.15, 0.2) is 27.9 Å². The summed E-state index contributed by atoms with van der Waals surface area (Å²) in [5.41, 5.74) is 1.62. The van der Waals surface area contributed by atoms with E-state index < -0.39 is 5.56 Å². The Bertz CT molecular complexity index is 1350. The Morgan fingerprint density at radius 1 is 1.31 bits per heavy atom. The van der Waals surface area contributed by atoms with E-state index in [0.717, 1.165) is 5.56 Å². The molecule has 0 radical (unpaired) electrons. The molecule has 11 heteroatoms. The Morgan fingerprint density at radius 3 is 2.83 bits per heavy atom. The lowest BCUT2D eigenvalue weighted by Gasteiger charge is -2.18. The minimum Gasteiger partial charge on any atom is -0.454 e. The van der Waals surface area contributed by atoms with Crippen molar-refractivity contribution < 1.29 is 19.0 Å². The summed E-state index contributed by atoms with van der Waals surface area (Å²) in [6, 6.07) is 7.62. The zero-order valence-electron chi connectivity index (χ0n) is 20.3. The monoisotopic (exact) mass is 526 g/mol. The molecule has 2 aliphatic heterocycles. The van der Waals surface area contributed by atoms with Crippen LogP contribution in [0, 0.1) is 18.3 Å². The summed E-state index contributed by atoms with van der Waals surface area (Å²) >= 11 is 6.65. The molecule has 0 atom stereocenters. The number of anilines is 1. The molecule has 36 heavy (non-hydrogen) atoms. The quantitative estimate of drug-likeness (QED) is 0.298. The summed E-state index contributed by atoms with van der Waals surface area (Å²) in [4.78, 5) is 28.0. The molecular formula is C25H26N4O5S2. The number of hydrogen-bond acceptors (Lipinski definition) is 9. The van der Waals surface area contributed by atoms with Crippen LogP contribution in [0.1, 0.15) is 35.6 Å². The Morgan fingerprint density at radius 2 is 2.08 bits per heavy atom. The summed E-state index contributed by atoms with van der Waals surface area (Å²) in [7, 11) is 1.60. The number of carbonyl (C=O) groups is 1. The highest BCUT2D eigenvalue weighted by molar-refractivity contribution is 8.26. The number of nitriles is 1. The average Bonchev–Trinajstić information content (AvgIpc) is 3.44. The molecule has 1 aromatic carbocycles. The molecule has 1 saturated heterocycles. The predicted octanol–water partition coefficient (Wildman–Crippen LogP) is 3.53. The van der Waals surface area contributed by atoms with Crippen LogP contribution in [0.2, 0.25) is 0 Å². The van der Waals surface area contributed by atoms with Crippen molar-refractivity contribution in [3.05, 3.63) is 55.7 Å².